The van der Waals surface area contributed by atoms with Gasteiger partial charge in [-0.05, 0) is 27.6 Å². The zero-order chi connectivity index (χ0) is 7.56. The molecule has 0 fully saturated rings. The molecule has 0 aliphatic heterocycles. The average molecular weight is 257 g/mol. The van der Waals surface area contributed by atoms with Crippen LogP contribution in [0, 0.1) is 0 Å². The third kappa shape index (κ3) is 2.64. The summed E-state index contributed by atoms with van der Waals surface area (Å²) < 4.78 is 0.900. The highest BCUT2D eigenvalue weighted by molar-refractivity contribution is 9.10. The van der Waals surface area contributed by atoms with Crippen LogP contribution in [-0.2, 0) is 6.54 Å². The Kier molecular flexibility index (Phi) is 5.10. The molecule has 1 aromatic carbocycles. The molecule has 0 unspecified atom stereocenters. The summed E-state index contributed by atoms with van der Waals surface area (Å²) >= 11 is 9.17. The van der Waals surface area contributed by atoms with Crippen molar-refractivity contribution in [3.63, 3.8) is 0 Å². The highest BCUT2D eigenvalue weighted by Crippen LogP contribution is 2.25. The van der Waals surface area contributed by atoms with Crippen LogP contribution >= 0.6 is 39.9 Å². The van der Waals surface area contributed by atoms with E-state index in [1.54, 1.807) is 0 Å². The fourth-order valence-electron chi connectivity index (χ4n) is 0.706. The van der Waals surface area contributed by atoms with Crippen LogP contribution in [0.4, 0.5) is 0 Å². The minimum Gasteiger partial charge on any atom is -0.326 e. The second-order valence-electron chi connectivity index (χ2n) is 1.92. The van der Waals surface area contributed by atoms with Crippen LogP contribution in [0.15, 0.2) is 22.7 Å². The minimum atomic E-state index is 0. The van der Waals surface area contributed by atoms with Gasteiger partial charge in [0.1, 0.15) is 0 Å². The van der Waals surface area contributed by atoms with Crippen molar-refractivity contribution < 1.29 is 0 Å². The molecular weight excluding hydrogens is 249 g/mol. The summed E-state index contributed by atoms with van der Waals surface area (Å²) in [4.78, 5) is 0. The first-order chi connectivity index (χ1) is 4.75. The predicted molar refractivity (Wildman–Crippen MR) is 54.3 cm³/mol. The number of halogens is 3. The molecule has 0 amide bonds. The molecule has 0 atom stereocenters. The molecule has 4 heteroatoms. The van der Waals surface area contributed by atoms with Gasteiger partial charge in [0.25, 0.3) is 0 Å². The van der Waals surface area contributed by atoms with Crippen molar-refractivity contribution in [2.75, 3.05) is 0 Å². The molecule has 0 bridgehead atoms. The molecule has 0 heterocycles. The summed E-state index contributed by atoms with van der Waals surface area (Å²) in [5.41, 5.74) is 6.38. The molecule has 0 aromatic heterocycles. The maximum atomic E-state index is 5.87. The molecule has 0 aliphatic rings. The van der Waals surface area contributed by atoms with E-state index in [9.17, 15) is 0 Å². The summed E-state index contributed by atoms with van der Waals surface area (Å²) in [7, 11) is 0. The van der Waals surface area contributed by atoms with Crippen LogP contribution < -0.4 is 5.73 Å². The van der Waals surface area contributed by atoms with E-state index in [2.05, 4.69) is 15.9 Å². The Morgan fingerprint density at radius 1 is 1.45 bits per heavy atom. The molecule has 0 spiro atoms. The highest BCUT2D eigenvalue weighted by atomic mass is 79.9. The Labute approximate surface area is 85.5 Å². The van der Waals surface area contributed by atoms with Gasteiger partial charge in [0.2, 0.25) is 0 Å². The van der Waals surface area contributed by atoms with Crippen molar-refractivity contribution in [2.45, 2.75) is 6.54 Å². The smallest absolute Gasteiger partial charge is 0.0592 e. The summed E-state index contributed by atoms with van der Waals surface area (Å²) in [6.07, 6.45) is 0. The minimum absolute atomic E-state index is 0. The van der Waals surface area contributed by atoms with Gasteiger partial charge in [0.15, 0.2) is 0 Å². The molecular formula is C7H8BrCl2N. The second kappa shape index (κ2) is 4.99. The highest BCUT2D eigenvalue weighted by Gasteiger charge is 1.99. The van der Waals surface area contributed by atoms with Gasteiger partial charge in [-0.15, -0.1) is 12.4 Å². The summed E-state index contributed by atoms with van der Waals surface area (Å²) in [6, 6.07) is 5.72. The standard InChI is InChI=1S/C7H7BrClN.ClH/c8-6-3-1-2-5(4-10)7(6)9;/h1-3H,4,10H2;1H. The van der Waals surface area contributed by atoms with Crippen LogP contribution in [0.1, 0.15) is 5.56 Å². The van der Waals surface area contributed by atoms with Crippen LogP contribution in [0.25, 0.3) is 0 Å². The fourth-order valence-corrected chi connectivity index (χ4v) is 1.32. The first-order valence-corrected chi connectivity index (χ1v) is 4.05. The molecule has 11 heavy (non-hydrogen) atoms. The number of rotatable bonds is 1. The monoisotopic (exact) mass is 255 g/mol. The topological polar surface area (TPSA) is 26.0 Å². The van der Waals surface area contributed by atoms with Crippen molar-refractivity contribution in [3.05, 3.63) is 33.3 Å². The van der Waals surface area contributed by atoms with Gasteiger partial charge in [-0.25, -0.2) is 0 Å². The van der Waals surface area contributed by atoms with Gasteiger partial charge in [0, 0.05) is 11.0 Å². The third-order valence-corrected chi connectivity index (χ3v) is 2.59. The SMILES string of the molecule is Cl.NCc1cccc(Br)c1Cl. The van der Waals surface area contributed by atoms with Crippen molar-refractivity contribution in [1.29, 1.82) is 0 Å². The number of benzene rings is 1. The van der Waals surface area contributed by atoms with E-state index >= 15 is 0 Å². The van der Waals surface area contributed by atoms with Gasteiger partial charge in [-0.1, -0.05) is 23.7 Å². The number of hydrogen-bond acceptors (Lipinski definition) is 1. The molecule has 1 nitrogen and oxygen atoms in total. The van der Waals surface area contributed by atoms with E-state index in [1.807, 2.05) is 18.2 Å². The number of nitrogens with two attached hydrogens (primary N) is 1. The third-order valence-electron chi connectivity index (χ3n) is 1.25. The number of hydrogen-bond donors (Lipinski definition) is 1. The molecule has 62 valence electrons. The summed E-state index contributed by atoms with van der Waals surface area (Å²) in [5, 5.41) is 0.713. The second-order valence-corrected chi connectivity index (χ2v) is 3.15. The first kappa shape index (κ1) is 11.2. The molecule has 0 aliphatic carbocycles. The predicted octanol–water partition coefficient (Wildman–Crippen LogP) is 2.98. The lowest BCUT2D eigenvalue weighted by molar-refractivity contribution is 1.07. The van der Waals surface area contributed by atoms with E-state index in [-0.39, 0.29) is 12.4 Å². The zero-order valence-electron chi connectivity index (χ0n) is 5.68. The Morgan fingerprint density at radius 3 is 2.55 bits per heavy atom. The Bertz CT molecular complexity index is 240. The molecule has 2 N–H and O–H groups in total. The molecule has 1 aromatic rings. The van der Waals surface area contributed by atoms with Gasteiger partial charge >= 0.3 is 0 Å². The lowest BCUT2D eigenvalue weighted by Crippen LogP contribution is -1.96. The molecule has 0 saturated carbocycles. The van der Waals surface area contributed by atoms with E-state index in [0.29, 0.717) is 11.6 Å². The Morgan fingerprint density at radius 2 is 2.09 bits per heavy atom. The lowest BCUT2D eigenvalue weighted by atomic mass is 10.2. The molecule has 0 radical (unpaired) electrons. The van der Waals surface area contributed by atoms with E-state index < -0.39 is 0 Å². The first-order valence-electron chi connectivity index (χ1n) is 2.88. The van der Waals surface area contributed by atoms with Gasteiger partial charge in [-0.2, -0.15) is 0 Å². The fraction of sp³-hybridized carbons (Fsp3) is 0.143. The van der Waals surface area contributed by atoms with Gasteiger partial charge in [-0.3, -0.25) is 0 Å². The van der Waals surface area contributed by atoms with Crippen molar-refractivity contribution >= 4 is 39.9 Å². The quantitative estimate of drug-likeness (QED) is 0.822. The largest absolute Gasteiger partial charge is 0.326 e. The lowest BCUT2D eigenvalue weighted by Gasteiger charge is -2.00. The van der Waals surface area contributed by atoms with Crippen LogP contribution in [0.2, 0.25) is 5.02 Å². The average Bonchev–Trinajstić information content (AvgIpc) is 1.95. The van der Waals surface area contributed by atoms with Crippen molar-refractivity contribution in [3.8, 4) is 0 Å². The van der Waals surface area contributed by atoms with Crippen LogP contribution in [-0.4, -0.2) is 0 Å². The van der Waals surface area contributed by atoms with Crippen molar-refractivity contribution in [1.82, 2.24) is 0 Å². The Hall–Kier alpha value is 0.240. The molecule has 1 rings (SSSR count). The van der Waals surface area contributed by atoms with Gasteiger partial charge in [0.05, 0.1) is 5.02 Å². The van der Waals surface area contributed by atoms with Crippen LogP contribution in [0.5, 0.6) is 0 Å². The Balaban J connectivity index is 0.000001000. The summed E-state index contributed by atoms with van der Waals surface area (Å²) in [6.45, 7) is 0.484. The maximum absolute atomic E-state index is 5.87. The van der Waals surface area contributed by atoms with E-state index in [0.717, 1.165) is 10.0 Å². The summed E-state index contributed by atoms with van der Waals surface area (Å²) in [5.74, 6) is 0. The van der Waals surface area contributed by atoms with Crippen molar-refractivity contribution in [2.24, 2.45) is 5.73 Å². The zero-order valence-corrected chi connectivity index (χ0v) is 8.84. The van der Waals surface area contributed by atoms with Gasteiger partial charge < -0.3 is 5.73 Å². The molecule has 0 saturated heterocycles. The normalized spacial score (nSPS) is 9.00. The maximum Gasteiger partial charge on any atom is 0.0592 e. The van der Waals surface area contributed by atoms with E-state index in [4.69, 9.17) is 17.3 Å². The van der Waals surface area contributed by atoms with E-state index in [1.165, 1.54) is 0 Å². The van der Waals surface area contributed by atoms with Crippen LogP contribution in [0.3, 0.4) is 0 Å².